The largest absolute Gasteiger partial charge is 0.486 e. The first kappa shape index (κ1) is 35.3. The van der Waals surface area contributed by atoms with Gasteiger partial charge in [-0.1, -0.05) is 41.4 Å². The van der Waals surface area contributed by atoms with Crippen molar-refractivity contribution in [3.63, 3.8) is 0 Å². The molecule has 11 nitrogen and oxygen atoms in total. The number of anilines is 1. The van der Waals surface area contributed by atoms with E-state index in [1.54, 1.807) is 50.8 Å². The Kier molecular flexibility index (Phi) is 11.8. The third kappa shape index (κ3) is 8.73. The van der Waals surface area contributed by atoms with Gasteiger partial charge in [0.1, 0.15) is 23.7 Å². The molecule has 0 aliphatic carbocycles. The fourth-order valence-corrected chi connectivity index (χ4v) is 5.80. The molecule has 0 fully saturated rings. The van der Waals surface area contributed by atoms with Crippen LogP contribution in [0.2, 0.25) is 10.0 Å². The van der Waals surface area contributed by atoms with Gasteiger partial charge in [0.15, 0.2) is 0 Å². The van der Waals surface area contributed by atoms with Crippen LogP contribution in [0.3, 0.4) is 0 Å². The van der Waals surface area contributed by atoms with Crippen LogP contribution in [0.15, 0.2) is 73.1 Å². The maximum atomic E-state index is 13.1. The van der Waals surface area contributed by atoms with Crippen molar-refractivity contribution in [1.82, 2.24) is 19.5 Å². The maximum Gasteiger partial charge on any atom is 0.311 e. The highest BCUT2D eigenvalue weighted by Gasteiger charge is 2.21. The molecule has 5 rings (SSSR count). The number of benzene rings is 2. The van der Waals surface area contributed by atoms with Crippen molar-refractivity contribution in [1.29, 1.82) is 0 Å². The Labute approximate surface area is 293 Å². The topological polar surface area (TPSA) is 126 Å². The summed E-state index contributed by atoms with van der Waals surface area (Å²) < 4.78 is 18.3. The summed E-state index contributed by atoms with van der Waals surface area (Å²) in [6, 6.07) is 18.6. The number of nitrogens with zero attached hydrogens (tertiary/aromatic N) is 5. The van der Waals surface area contributed by atoms with Crippen LogP contribution in [0, 0.1) is 0 Å². The van der Waals surface area contributed by atoms with E-state index in [-0.39, 0.29) is 55.0 Å². The van der Waals surface area contributed by atoms with Gasteiger partial charge in [-0.15, -0.1) is 0 Å². The second kappa shape index (κ2) is 16.4. The molecule has 0 saturated carbocycles. The summed E-state index contributed by atoms with van der Waals surface area (Å²) in [7, 11) is 4.49. The lowest BCUT2D eigenvalue weighted by molar-refractivity contribution is -0.139. The van der Waals surface area contributed by atoms with Crippen molar-refractivity contribution in [2.75, 3.05) is 26.2 Å². The Morgan fingerprint density at radius 1 is 0.898 bits per heavy atom. The summed E-state index contributed by atoms with van der Waals surface area (Å²) in [4.78, 5) is 51.9. The minimum absolute atomic E-state index is 0.0130. The number of methoxy groups -OCH3 is 2. The minimum atomic E-state index is -0.370. The smallest absolute Gasteiger partial charge is 0.311 e. The first-order valence-electron chi connectivity index (χ1n) is 15.5. The Balaban J connectivity index is 1.20. The highest BCUT2D eigenvalue weighted by atomic mass is 35.5. The summed E-state index contributed by atoms with van der Waals surface area (Å²) in [6.07, 6.45) is 4.30. The van der Waals surface area contributed by atoms with Gasteiger partial charge in [-0.3, -0.25) is 28.9 Å². The van der Waals surface area contributed by atoms with E-state index in [9.17, 15) is 14.4 Å². The van der Waals surface area contributed by atoms with Gasteiger partial charge in [0.25, 0.3) is 6.01 Å². The number of esters is 1. The second-order valence-corrected chi connectivity index (χ2v) is 12.0. The molecule has 0 radical (unpaired) electrons. The monoisotopic (exact) mass is 703 g/mol. The lowest BCUT2D eigenvalue weighted by Crippen LogP contribution is -2.27. The Morgan fingerprint density at radius 2 is 1.73 bits per heavy atom. The van der Waals surface area contributed by atoms with Gasteiger partial charge in [0.05, 0.1) is 54.8 Å². The number of hydrogen-bond donors (Lipinski definition) is 0. The molecule has 0 N–H and O–H groups in total. The van der Waals surface area contributed by atoms with E-state index < -0.39 is 0 Å². The fourth-order valence-electron chi connectivity index (χ4n) is 5.19. The molecular weight excluding hydrogens is 669 g/mol. The maximum absolute atomic E-state index is 13.1. The van der Waals surface area contributed by atoms with E-state index >= 15 is 0 Å². The summed E-state index contributed by atoms with van der Waals surface area (Å²) >= 11 is 13.4. The zero-order valence-electron chi connectivity index (χ0n) is 27.3. The van der Waals surface area contributed by atoms with Gasteiger partial charge >= 0.3 is 5.97 Å². The zero-order valence-corrected chi connectivity index (χ0v) is 28.8. The zero-order chi connectivity index (χ0) is 34.9. The molecular formula is C36H35Cl2N5O6. The molecule has 0 aliphatic heterocycles. The van der Waals surface area contributed by atoms with Crippen molar-refractivity contribution < 1.29 is 28.6 Å². The number of amides is 1. The summed E-state index contributed by atoms with van der Waals surface area (Å²) in [6.45, 7) is 0.472. The molecule has 49 heavy (non-hydrogen) atoms. The number of carbonyl (C=O) groups is 3. The van der Waals surface area contributed by atoms with Crippen molar-refractivity contribution >= 4 is 57.6 Å². The Bertz CT molecular complexity index is 1950. The van der Waals surface area contributed by atoms with Crippen molar-refractivity contribution in [3.8, 4) is 11.8 Å². The van der Waals surface area contributed by atoms with Gasteiger partial charge < -0.3 is 19.1 Å². The van der Waals surface area contributed by atoms with Gasteiger partial charge in [0, 0.05) is 49.3 Å². The number of halogens is 2. The first-order valence-corrected chi connectivity index (χ1v) is 16.3. The van der Waals surface area contributed by atoms with Crippen LogP contribution < -0.4 is 14.4 Å². The number of para-hydroxylation sites is 1. The summed E-state index contributed by atoms with van der Waals surface area (Å²) in [5.41, 5.74) is 4.65. The number of carbonyl (C=O) groups excluding carboxylic acids is 3. The molecule has 254 valence electrons. The third-order valence-corrected chi connectivity index (χ3v) is 8.73. The SMILES string of the molecule is COC(=O)Cc1ccc(CCC(=O)CCC(=O)N(C)c2ccc(Cl)c(COc3cccc4c3nc(OC)n4Cc3ccccn3)c2Cl)cn1. The van der Waals surface area contributed by atoms with Crippen LogP contribution in [0.4, 0.5) is 5.69 Å². The molecule has 5 aromatic rings. The standard InChI is InChI=1S/C36H35Cl2N5O6/c1-42(32(45)17-14-26(44)13-11-23-10-12-24(40-20-23)19-33(46)47-2)29-16-15-28(37)27(34(29)38)22-49-31-9-6-8-30-35(31)41-36(48-3)43(30)21-25-7-4-5-18-39-25/h4-10,12,15-16,18,20H,11,13-14,17,19,21-22H2,1-3H3. The molecule has 13 heteroatoms. The van der Waals surface area contributed by atoms with E-state index in [4.69, 9.17) is 32.7 Å². The number of imidazole rings is 1. The van der Waals surface area contributed by atoms with Gasteiger partial charge in [-0.05, 0) is 54.4 Å². The number of pyridine rings is 2. The van der Waals surface area contributed by atoms with Crippen LogP contribution in [-0.2, 0) is 45.1 Å². The Hall–Kier alpha value is -5.00. The lowest BCUT2D eigenvalue weighted by atomic mass is 10.1. The average molecular weight is 705 g/mol. The van der Waals surface area contributed by atoms with Gasteiger partial charge in [-0.2, -0.15) is 4.98 Å². The molecule has 3 heterocycles. The molecule has 2 aromatic carbocycles. The minimum Gasteiger partial charge on any atom is -0.486 e. The van der Waals surface area contributed by atoms with Crippen LogP contribution in [-0.4, -0.2) is 58.4 Å². The van der Waals surface area contributed by atoms with Gasteiger partial charge in [0.2, 0.25) is 5.91 Å². The number of Topliss-reactive ketones (excluding diaryl/α,β-unsaturated/α-hetero) is 1. The van der Waals surface area contributed by atoms with E-state index in [1.807, 2.05) is 41.0 Å². The van der Waals surface area contributed by atoms with E-state index in [0.29, 0.717) is 52.2 Å². The van der Waals surface area contributed by atoms with Crippen LogP contribution in [0.1, 0.15) is 41.8 Å². The molecule has 1 amide bonds. The summed E-state index contributed by atoms with van der Waals surface area (Å²) in [5, 5.41) is 0.645. The number of ketones is 1. The van der Waals surface area contributed by atoms with Crippen LogP contribution in [0.5, 0.6) is 11.8 Å². The molecule has 0 spiro atoms. The van der Waals surface area contributed by atoms with Crippen molar-refractivity contribution in [2.45, 2.75) is 45.3 Å². The highest BCUT2D eigenvalue weighted by Crippen LogP contribution is 2.36. The summed E-state index contributed by atoms with van der Waals surface area (Å²) in [5.74, 6) is -0.187. The molecule has 0 aliphatic rings. The quantitative estimate of drug-likeness (QED) is 0.113. The molecule has 0 bridgehead atoms. The molecule has 0 atom stereocenters. The predicted molar refractivity (Wildman–Crippen MR) is 186 cm³/mol. The number of hydrogen-bond acceptors (Lipinski definition) is 9. The average Bonchev–Trinajstić information content (AvgIpc) is 3.48. The molecule has 3 aromatic heterocycles. The third-order valence-electron chi connectivity index (χ3n) is 7.96. The van der Waals surface area contributed by atoms with Crippen molar-refractivity contribution in [3.05, 3.63) is 106 Å². The van der Waals surface area contributed by atoms with E-state index in [2.05, 4.69) is 19.7 Å². The van der Waals surface area contributed by atoms with Crippen LogP contribution >= 0.6 is 23.2 Å². The van der Waals surface area contributed by atoms with E-state index in [1.165, 1.54) is 12.0 Å². The normalized spacial score (nSPS) is 11.0. The Morgan fingerprint density at radius 3 is 2.45 bits per heavy atom. The molecule has 0 unspecified atom stereocenters. The van der Waals surface area contributed by atoms with Crippen molar-refractivity contribution in [2.24, 2.45) is 0 Å². The number of aromatic nitrogens is 4. The molecule has 0 saturated heterocycles. The van der Waals surface area contributed by atoms with E-state index in [0.717, 1.165) is 16.8 Å². The highest BCUT2D eigenvalue weighted by molar-refractivity contribution is 6.38. The number of fused-ring (bicyclic) bond motifs is 1. The number of ether oxygens (including phenoxy) is 3. The number of rotatable bonds is 15. The second-order valence-electron chi connectivity index (χ2n) is 11.2. The first-order chi connectivity index (χ1) is 23.7. The fraction of sp³-hybridized carbons (Fsp3) is 0.278. The van der Waals surface area contributed by atoms with Crippen LogP contribution in [0.25, 0.3) is 11.0 Å². The lowest BCUT2D eigenvalue weighted by Gasteiger charge is -2.21. The van der Waals surface area contributed by atoms with Gasteiger partial charge in [-0.25, -0.2) is 0 Å². The predicted octanol–water partition coefficient (Wildman–Crippen LogP) is 6.43. The number of aryl methyl sites for hydroxylation is 1.